The van der Waals surface area contributed by atoms with Crippen molar-refractivity contribution in [3.8, 4) is 34.4 Å². The topological polar surface area (TPSA) is 81.2 Å². The third-order valence-corrected chi connectivity index (χ3v) is 14.9. The Labute approximate surface area is 471 Å². The molecule has 0 aliphatic heterocycles. The molecule has 10 rings (SSSR count). The second-order valence-corrected chi connectivity index (χ2v) is 20.6. The molecule has 0 atom stereocenters. The third-order valence-electron chi connectivity index (χ3n) is 14.9. The molecular formula is C72H68N2O6. The number of ether oxygens (including phenoxy) is 6. The Balaban J connectivity index is 0.766. The average Bonchev–Trinajstić information content (AvgIpc) is 3.54. The summed E-state index contributed by atoms with van der Waals surface area (Å²) < 4.78 is 37.7. The van der Waals surface area contributed by atoms with Crippen LogP contribution in [0.1, 0.15) is 82.3 Å². The largest absolute Gasteiger partial charge is 0.489 e. The van der Waals surface area contributed by atoms with Crippen LogP contribution in [0.15, 0.2) is 255 Å². The van der Waals surface area contributed by atoms with Crippen molar-refractivity contribution >= 4 is 0 Å². The van der Waals surface area contributed by atoms with Gasteiger partial charge in [-0.05, 0) is 141 Å². The number of aromatic nitrogens is 2. The van der Waals surface area contributed by atoms with Crippen LogP contribution < -0.4 is 18.9 Å². The van der Waals surface area contributed by atoms with Gasteiger partial charge in [0.2, 0.25) is 0 Å². The van der Waals surface area contributed by atoms with Gasteiger partial charge in [0, 0.05) is 36.4 Å². The van der Waals surface area contributed by atoms with Crippen molar-refractivity contribution in [1.29, 1.82) is 0 Å². The van der Waals surface area contributed by atoms with E-state index in [1.165, 1.54) is 22.3 Å². The average molecular weight is 1060 g/mol. The van der Waals surface area contributed by atoms with E-state index < -0.39 is 0 Å². The van der Waals surface area contributed by atoms with Gasteiger partial charge in [-0.25, -0.2) is 0 Å². The summed E-state index contributed by atoms with van der Waals surface area (Å²) in [5.74, 6) is 3.31. The molecule has 8 aromatic carbocycles. The Kier molecular flexibility index (Phi) is 18.5. The summed E-state index contributed by atoms with van der Waals surface area (Å²) in [7, 11) is 0. The highest BCUT2D eigenvalue weighted by molar-refractivity contribution is 5.55. The Morgan fingerprint density at radius 2 is 0.550 bits per heavy atom. The second kappa shape index (κ2) is 27.2. The van der Waals surface area contributed by atoms with E-state index >= 15 is 0 Å². The van der Waals surface area contributed by atoms with Crippen molar-refractivity contribution in [3.05, 3.63) is 311 Å². The first-order valence-corrected chi connectivity index (χ1v) is 27.5. The minimum absolute atomic E-state index is 0.363. The van der Waals surface area contributed by atoms with E-state index in [9.17, 15) is 0 Å². The lowest BCUT2D eigenvalue weighted by Gasteiger charge is -2.31. The van der Waals surface area contributed by atoms with Crippen LogP contribution in [0.25, 0.3) is 11.4 Å². The number of benzene rings is 8. The van der Waals surface area contributed by atoms with Crippen LogP contribution in [-0.2, 0) is 59.9 Å². The van der Waals surface area contributed by atoms with Crippen LogP contribution in [0.2, 0.25) is 0 Å². The van der Waals surface area contributed by atoms with E-state index in [1.54, 1.807) is 0 Å². The highest BCUT2D eigenvalue weighted by Crippen LogP contribution is 2.39. The minimum Gasteiger partial charge on any atom is -0.489 e. The van der Waals surface area contributed by atoms with E-state index in [1.807, 2.05) is 97.3 Å². The zero-order chi connectivity index (χ0) is 54.7. The number of pyridine rings is 2. The molecule has 0 N–H and O–H groups in total. The van der Waals surface area contributed by atoms with E-state index in [2.05, 4.69) is 172 Å². The molecule has 8 heteroatoms. The number of hydrogen-bond donors (Lipinski definition) is 0. The fourth-order valence-electron chi connectivity index (χ4n) is 9.89. The van der Waals surface area contributed by atoms with Crippen LogP contribution in [0.3, 0.4) is 0 Å². The van der Waals surface area contributed by atoms with Crippen molar-refractivity contribution in [2.75, 3.05) is 13.2 Å². The molecule has 80 heavy (non-hydrogen) atoms. The maximum Gasteiger partial charge on any atom is 0.119 e. The zero-order valence-corrected chi connectivity index (χ0v) is 45.7. The summed E-state index contributed by atoms with van der Waals surface area (Å²) in [6.07, 6.45) is 5.15. The van der Waals surface area contributed by atoms with Crippen LogP contribution in [0, 0.1) is 0 Å². The standard InChI is InChI=1S/C72H68N2O6/c1-71(61-23-31-65(32-24-61)77-51-55-15-7-3-8-16-55,62-25-33-66(34-26-62)78-52-56-17-9-4-10-18-56)41-45-75-49-59-39-43-73-69(47-59)70-48-60(40-44-74-70)50-76-46-42-72(2,63-27-35-67(36-28-63)79-53-57-19-11-5-12-20-57)64-29-37-68(38-30-64)80-54-58-21-13-6-14-22-58/h3-40,43-44,47-48H,41-42,45-46,49-54H2,1-2H3. The lowest BCUT2D eigenvalue weighted by atomic mass is 9.74. The first-order valence-electron chi connectivity index (χ1n) is 27.5. The van der Waals surface area contributed by atoms with Gasteiger partial charge in [-0.1, -0.05) is 184 Å². The quantitative estimate of drug-likeness (QED) is 0.0471. The van der Waals surface area contributed by atoms with Gasteiger partial charge in [-0.2, -0.15) is 0 Å². The molecule has 0 amide bonds. The van der Waals surface area contributed by atoms with Gasteiger partial charge < -0.3 is 28.4 Å². The summed E-state index contributed by atoms with van der Waals surface area (Å²) in [6.45, 7) is 8.52. The van der Waals surface area contributed by atoms with Crippen molar-refractivity contribution in [1.82, 2.24) is 9.97 Å². The summed E-state index contributed by atoms with van der Waals surface area (Å²) in [5.41, 5.74) is 12.1. The first kappa shape index (κ1) is 54.5. The van der Waals surface area contributed by atoms with Crippen molar-refractivity contribution in [2.24, 2.45) is 0 Å². The van der Waals surface area contributed by atoms with Crippen LogP contribution in [0.5, 0.6) is 23.0 Å². The molecule has 0 saturated heterocycles. The van der Waals surface area contributed by atoms with Crippen LogP contribution >= 0.6 is 0 Å². The van der Waals surface area contributed by atoms with Gasteiger partial charge in [0.05, 0.1) is 24.6 Å². The van der Waals surface area contributed by atoms with E-state index in [4.69, 9.17) is 38.4 Å². The lowest BCUT2D eigenvalue weighted by molar-refractivity contribution is 0.107. The summed E-state index contributed by atoms with van der Waals surface area (Å²) in [6, 6.07) is 83.0. The monoisotopic (exact) mass is 1060 g/mol. The summed E-state index contributed by atoms with van der Waals surface area (Å²) in [5, 5.41) is 0. The molecule has 2 aromatic heterocycles. The molecule has 0 bridgehead atoms. The van der Waals surface area contributed by atoms with E-state index in [-0.39, 0.29) is 10.8 Å². The maximum absolute atomic E-state index is 6.49. The van der Waals surface area contributed by atoms with E-state index in [0.29, 0.717) is 52.9 Å². The molecule has 0 spiro atoms. The highest BCUT2D eigenvalue weighted by Gasteiger charge is 2.31. The molecule has 2 heterocycles. The Morgan fingerprint density at radius 1 is 0.287 bits per heavy atom. The molecule has 8 nitrogen and oxygen atoms in total. The van der Waals surface area contributed by atoms with Crippen molar-refractivity contribution in [3.63, 3.8) is 0 Å². The smallest absolute Gasteiger partial charge is 0.119 e. The predicted molar refractivity (Wildman–Crippen MR) is 318 cm³/mol. The number of rotatable bonds is 27. The predicted octanol–water partition coefficient (Wildman–Crippen LogP) is 16.3. The normalized spacial score (nSPS) is 11.5. The Morgan fingerprint density at radius 3 is 0.812 bits per heavy atom. The summed E-state index contributed by atoms with van der Waals surface area (Å²) in [4.78, 5) is 9.47. The fraction of sp³-hybridized carbons (Fsp3) is 0.194. The van der Waals surface area contributed by atoms with Gasteiger partial charge in [0.1, 0.15) is 49.4 Å². The molecule has 402 valence electrons. The molecular weight excluding hydrogens is 989 g/mol. The lowest BCUT2D eigenvalue weighted by Crippen LogP contribution is -2.25. The summed E-state index contributed by atoms with van der Waals surface area (Å²) >= 11 is 0. The molecule has 0 radical (unpaired) electrons. The SMILES string of the molecule is CC(CCOCc1ccnc(-c2cc(COCCC(C)(c3ccc(OCc4ccccc4)cc3)c3ccc(OCc4ccccc4)cc3)ccn2)c1)(c1ccc(OCc2ccccc2)cc1)c1ccc(OCc2ccccc2)cc1. The maximum atomic E-state index is 6.49. The molecule has 10 aromatic rings. The minimum atomic E-state index is -0.363. The third kappa shape index (κ3) is 14.8. The number of hydrogen-bond acceptors (Lipinski definition) is 8. The van der Waals surface area contributed by atoms with Gasteiger partial charge >= 0.3 is 0 Å². The molecule has 0 aliphatic rings. The zero-order valence-electron chi connectivity index (χ0n) is 45.7. The van der Waals surface area contributed by atoms with Crippen LogP contribution in [-0.4, -0.2) is 23.2 Å². The molecule has 0 aliphatic carbocycles. The molecule has 0 unspecified atom stereocenters. The molecule has 0 fully saturated rings. The highest BCUT2D eigenvalue weighted by atomic mass is 16.5. The van der Waals surface area contributed by atoms with Crippen molar-refractivity contribution < 1.29 is 28.4 Å². The first-order chi connectivity index (χ1) is 39.3. The van der Waals surface area contributed by atoms with Gasteiger partial charge in [0.25, 0.3) is 0 Å². The van der Waals surface area contributed by atoms with Gasteiger partial charge in [-0.3, -0.25) is 9.97 Å². The van der Waals surface area contributed by atoms with Crippen molar-refractivity contribution in [2.45, 2.75) is 77.2 Å². The van der Waals surface area contributed by atoms with E-state index in [0.717, 1.165) is 80.6 Å². The number of nitrogens with zero attached hydrogens (tertiary/aromatic N) is 2. The Bertz CT molecular complexity index is 3030. The molecule has 0 saturated carbocycles. The van der Waals surface area contributed by atoms with Gasteiger partial charge in [0.15, 0.2) is 0 Å². The van der Waals surface area contributed by atoms with Gasteiger partial charge in [-0.15, -0.1) is 0 Å². The second-order valence-electron chi connectivity index (χ2n) is 20.6. The fourth-order valence-corrected chi connectivity index (χ4v) is 9.89. The Hall–Kier alpha value is -8.82. The van der Waals surface area contributed by atoms with Crippen LogP contribution in [0.4, 0.5) is 0 Å².